The first-order valence-electron chi connectivity index (χ1n) is 6.86. The van der Waals surface area contributed by atoms with Crippen molar-refractivity contribution in [1.29, 1.82) is 0 Å². The molecule has 2 heteroatoms. The van der Waals surface area contributed by atoms with Gasteiger partial charge in [-0.3, -0.25) is 0 Å². The zero-order chi connectivity index (χ0) is 13.8. The highest BCUT2D eigenvalue weighted by molar-refractivity contribution is 5.86. The van der Waals surface area contributed by atoms with Crippen LogP contribution in [0.3, 0.4) is 0 Å². The summed E-state index contributed by atoms with van der Waals surface area (Å²) in [4.78, 5) is 0. The van der Waals surface area contributed by atoms with Crippen LogP contribution < -0.4 is 5.32 Å². The van der Waals surface area contributed by atoms with Crippen LogP contribution in [0.1, 0.15) is 25.5 Å². The molecule has 2 rings (SSSR count). The van der Waals surface area contributed by atoms with Crippen LogP contribution in [-0.2, 0) is 4.74 Å². The van der Waals surface area contributed by atoms with Crippen LogP contribution in [0.25, 0.3) is 10.8 Å². The van der Waals surface area contributed by atoms with Gasteiger partial charge in [0.1, 0.15) is 0 Å². The average Bonchev–Trinajstić information content (AvgIpc) is 2.43. The van der Waals surface area contributed by atoms with Gasteiger partial charge in [0.25, 0.3) is 0 Å². The van der Waals surface area contributed by atoms with E-state index in [4.69, 9.17) is 4.74 Å². The molecule has 0 aliphatic rings. The molecule has 0 radical (unpaired) electrons. The van der Waals surface area contributed by atoms with Crippen LogP contribution >= 0.6 is 0 Å². The van der Waals surface area contributed by atoms with Gasteiger partial charge in [0, 0.05) is 7.11 Å². The molecule has 2 nitrogen and oxygen atoms in total. The molecule has 0 saturated carbocycles. The maximum absolute atomic E-state index is 5.71. The number of rotatable bonds is 5. The lowest BCUT2D eigenvalue weighted by molar-refractivity contribution is 0.0352. The third-order valence-electron chi connectivity index (χ3n) is 3.73. The molecule has 0 bridgehead atoms. The highest BCUT2D eigenvalue weighted by atomic mass is 16.5. The van der Waals surface area contributed by atoms with Gasteiger partial charge in [-0.05, 0) is 29.3 Å². The lowest BCUT2D eigenvalue weighted by Crippen LogP contribution is -2.34. The minimum atomic E-state index is 0.163. The maximum atomic E-state index is 5.71. The van der Waals surface area contributed by atoms with Gasteiger partial charge in [-0.2, -0.15) is 0 Å². The second kappa shape index (κ2) is 6.18. The SMILES string of the molecule is CNC(c1cccc2ccccc12)C(OC)C(C)C. The molecule has 0 fully saturated rings. The molecular weight excluding hydrogens is 234 g/mol. The number of hydrogen-bond donors (Lipinski definition) is 1. The van der Waals surface area contributed by atoms with Gasteiger partial charge in [-0.1, -0.05) is 56.3 Å². The summed E-state index contributed by atoms with van der Waals surface area (Å²) in [7, 11) is 3.79. The first-order chi connectivity index (χ1) is 9.19. The molecule has 0 amide bonds. The van der Waals surface area contributed by atoms with E-state index < -0.39 is 0 Å². The first kappa shape index (κ1) is 14.0. The van der Waals surface area contributed by atoms with E-state index in [1.807, 2.05) is 7.05 Å². The van der Waals surface area contributed by atoms with E-state index in [0.717, 1.165) is 0 Å². The van der Waals surface area contributed by atoms with E-state index >= 15 is 0 Å². The highest BCUT2D eigenvalue weighted by Crippen LogP contribution is 2.29. The predicted octanol–water partition coefficient (Wildman–Crippen LogP) is 3.77. The van der Waals surface area contributed by atoms with Crippen molar-refractivity contribution in [2.24, 2.45) is 5.92 Å². The van der Waals surface area contributed by atoms with Gasteiger partial charge < -0.3 is 10.1 Å². The van der Waals surface area contributed by atoms with Crippen LogP contribution in [-0.4, -0.2) is 20.3 Å². The number of nitrogens with one attached hydrogen (secondary N) is 1. The average molecular weight is 257 g/mol. The lowest BCUT2D eigenvalue weighted by Gasteiger charge is -2.30. The lowest BCUT2D eigenvalue weighted by atomic mass is 9.90. The summed E-state index contributed by atoms with van der Waals surface area (Å²) in [5.41, 5.74) is 1.31. The third kappa shape index (κ3) is 2.80. The molecular formula is C17H23NO. The summed E-state index contributed by atoms with van der Waals surface area (Å²) in [6.45, 7) is 4.40. The molecule has 0 aromatic heterocycles. The summed E-state index contributed by atoms with van der Waals surface area (Å²) in [5, 5.41) is 5.99. The zero-order valence-corrected chi connectivity index (χ0v) is 12.2. The Hall–Kier alpha value is -1.38. The molecule has 0 aliphatic carbocycles. The zero-order valence-electron chi connectivity index (χ0n) is 12.2. The fraction of sp³-hybridized carbons (Fsp3) is 0.412. The smallest absolute Gasteiger partial charge is 0.0788 e. The minimum Gasteiger partial charge on any atom is -0.379 e. The van der Waals surface area contributed by atoms with Crippen molar-refractivity contribution in [3.8, 4) is 0 Å². The van der Waals surface area contributed by atoms with Crippen molar-refractivity contribution in [2.45, 2.75) is 26.0 Å². The van der Waals surface area contributed by atoms with Gasteiger partial charge in [-0.15, -0.1) is 0 Å². The molecule has 2 atom stereocenters. The fourth-order valence-corrected chi connectivity index (χ4v) is 2.81. The summed E-state index contributed by atoms with van der Waals surface area (Å²) in [6.07, 6.45) is 0.163. The molecule has 2 unspecified atom stereocenters. The third-order valence-corrected chi connectivity index (χ3v) is 3.73. The molecule has 19 heavy (non-hydrogen) atoms. The second-order valence-corrected chi connectivity index (χ2v) is 5.28. The molecule has 1 N–H and O–H groups in total. The molecule has 2 aromatic carbocycles. The van der Waals surface area contributed by atoms with Crippen molar-refractivity contribution in [2.75, 3.05) is 14.2 Å². The fourth-order valence-electron chi connectivity index (χ4n) is 2.81. The number of hydrogen-bond acceptors (Lipinski definition) is 2. The summed E-state index contributed by atoms with van der Waals surface area (Å²) in [6, 6.07) is 15.2. The van der Waals surface area contributed by atoms with Crippen LogP contribution in [0.2, 0.25) is 0 Å². The summed E-state index contributed by atoms with van der Waals surface area (Å²) >= 11 is 0. The number of benzene rings is 2. The first-order valence-corrected chi connectivity index (χ1v) is 6.86. The largest absolute Gasteiger partial charge is 0.379 e. The maximum Gasteiger partial charge on any atom is 0.0788 e. The summed E-state index contributed by atoms with van der Waals surface area (Å²) in [5.74, 6) is 0.460. The molecule has 2 aromatic rings. The van der Waals surface area contributed by atoms with Crippen LogP contribution in [0.4, 0.5) is 0 Å². The van der Waals surface area contributed by atoms with Gasteiger partial charge in [0.15, 0.2) is 0 Å². The Bertz CT molecular complexity index is 530. The van der Waals surface area contributed by atoms with Crippen LogP contribution in [0, 0.1) is 5.92 Å². The Morgan fingerprint density at radius 3 is 2.32 bits per heavy atom. The molecule has 0 spiro atoms. The Labute approximate surface area is 115 Å². The van der Waals surface area contributed by atoms with E-state index in [-0.39, 0.29) is 12.1 Å². The van der Waals surface area contributed by atoms with E-state index in [0.29, 0.717) is 5.92 Å². The van der Waals surface area contributed by atoms with Crippen LogP contribution in [0.5, 0.6) is 0 Å². The van der Waals surface area contributed by atoms with Crippen molar-refractivity contribution in [1.82, 2.24) is 5.32 Å². The minimum absolute atomic E-state index is 0.163. The van der Waals surface area contributed by atoms with Crippen molar-refractivity contribution in [3.05, 3.63) is 48.0 Å². The van der Waals surface area contributed by atoms with Crippen molar-refractivity contribution >= 4 is 10.8 Å². The second-order valence-electron chi connectivity index (χ2n) is 5.28. The molecule has 0 saturated heterocycles. The number of ether oxygens (including phenoxy) is 1. The molecule has 0 aliphatic heterocycles. The van der Waals surface area contributed by atoms with Gasteiger partial charge in [-0.25, -0.2) is 0 Å². The summed E-state index contributed by atoms with van der Waals surface area (Å²) < 4.78 is 5.71. The van der Waals surface area contributed by atoms with Gasteiger partial charge in [0.2, 0.25) is 0 Å². The van der Waals surface area contributed by atoms with E-state index in [1.54, 1.807) is 7.11 Å². The standard InChI is InChI=1S/C17H23NO/c1-12(2)17(19-4)16(18-3)15-11-7-9-13-8-5-6-10-14(13)15/h5-12,16-18H,1-4H3. The van der Waals surface area contributed by atoms with Gasteiger partial charge in [0.05, 0.1) is 12.1 Å². The predicted molar refractivity (Wildman–Crippen MR) is 81.4 cm³/mol. The van der Waals surface area contributed by atoms with Crippen molar-refractivity contribution < 1.29 is 4.74 Å². The van der Waals surface area contributed by atoms with Gasteiger partial charge >= 0.3 is 0 Å². The topological polar surface area (TPSA) is 21.3 Å². The Kier molecular flexibility index (Phi) is 4.56. The number of methoxy groups -OCH3 is 1. The van der Waals surface area contributed by atoms with E-state index in [1.165, 1.54) is 16.3 Å². The Morgan fingerprint density at radius 2 is 1.68 bits per heavy atom. The van der Waals surface area contributed by atoms with E-state index in [2.05, 4.69) is 61.6 Å². The van der Waals surface area contributed by atoms with E-state index in [9.17, 15) is 0 Å². The number of likely N-dealkylation sites (N-methyl/N-ethyl adjacent to an activating group) is 1. The molecule has 102 valence electrons. The van der Waals surface area contributed by atoms with Crippen molar-refractivity contribution in [3.63, 3.8) is 0 Å². The number of fused-ring (bicyclic) bond motifs is 1. The molecule has 0 heterocycles. The normalized spacial score (nSPS) is 14.8. The Morgan fingerprint density at radius 1 is 1.00 bits per heavy atom. The monoisotopic (exact) mass is 257 g/mol. The van der Waals surface area contributed by atoms with Crippen LogP contribution in [0.15, 0.2) is 42.5 Å². The Balaban J connectivity index is 2.51. The highest BCUT2D eigenvalue weighted by Gasteiger charge is 2.25. The quantitative estimate of drug-likeness (QED) is 0.880.